The van der Waals surface area contributed by atoms with Crippen LogP contribution in [0, 0.1) is 6.92 Å². The summed E-state index contributed by atoms with van der Waals surface area (Å²) in [6.45, 7) is 9.93. The van der Waals surface area contributed by atoms with E-state index in [0.717, 1.165) is 30.3 Å². The molecule has 0 saturated carbocycles. The summed E-state index contributed by atoms with van der Waals surface area (Å²) in [5.74, 6) is 0. The Morgan fingerprint density at radius 1 is 1.43 bits per heavy atom. The molecule has 2 rings (SSSR count). The van der Waals surface area contributed by atoms with Crippen LogP contribution < -0.4 is 10.6 Å². The van der Waals surface area contributed by atoms with Gasteiger partial charge in [0.15, 0.2) is 0 Å². The topological polar surface area (TPSA) is 66.5 Å². The second-order valence-corrected chi connectivity index (χ2v) is 6.45. The van der Waals surface area contributed by atoms with Crippen molar-refractivity contribution in [3.05, 3.63) is 16.1 Å². The molecule has 21 heavy (non-hydrogen) atoms. The third-order valence-electron chi connectivity index (χ3n) is 3.28. The quantitative estimate of drug-likeness (QED) is 0.861. The number of nitrogens with zero attached hydrogens (tertiary/aromatic N) is 2. The van der Waals surface area contributed by atoms with Gasteiger partial charge in [-0.15, -0.1) is 11.3 Å². The standard InChI is InChI=1S/C14H24N4O2S/c1-10-9-21-13(17-10)6-16-14(19)15-4-5-18-7-11(2)20-12(3)8-18/h9,11-12H,4-8H2,1-3H3,(H2,15,16,19). The average Bonchev–Trinajstić information content (AvgIpc) is 2.81. The smallest absolute Gasteiger partial charge is 0.315 e. The minimum Gasteiger partial charge on any atom is -0.373 e. The van der Waals surface area contributed by atoms with Crippen LogP contribution in [0.15, 0.2) is 5.38 Å². The van der Waals surface area contributed by atoms with E-state index < -0.39 is 0 Å². The number of aryl methyl sites for hydroxylation is 1. The molecule has 1 aliphatic heterocycles. The molecule has 0 radical (unpaired) electrons. The summed E-state index contributed by atoms with van der Waals surface area (Å²) < 4.78 is 5.69. The van der Waals surface area contributed by atoms with Gasteiger partial charge in [-0.05, 0) is 20.8 Å². The van der Waals surface area contributed by atoms with Gasteiger partial charge in [-0.3, -0.25) is 4.90 Å². The maximum atomic E-state index is 11.7. The van der Waals surface area contributed by atoms with E-state index in [1.807, 2.05) is 12.3 Å². The highest BCUT2D eigenvalue weighted by atomic mass is 32.1. The summed E-state index contributed by atoms with van der Waals surface area (Å²) in [5, 5.41) is 8.61. The van der Waals surface area contributed by atoms with Gasteiger partial charge in [-0.2, -0.15) is 0 Å². The molecule has 0 aromatic carbocycles. The molecular formula is C14H24N4O2S. The van der Waals surface area contributed by atoms with Crippen molar-refractivity contribution in [2.45, 2.75) is 39.5 Å². The molecule has 6 nitrogen and oxygen atoms in total. The van der Waals surface area contributed by atoms with Crippen LogP contribution in [0.25, 0.3) is 0 Å². The average molecular weight is 312 g/mol. The molecule has 1 saturated heterocycles. The van der Waals surface area contributed by atoms with E-state index in [9.17, 15) is 4.79 Å². The van der Waals surface area contributed by atoms with Crippen LogP contribution in [0.3, 0.4) is 0 Å². The van der Waals surface area contributed by atoms with Gasteiger partial charge < -0.3 is 15.4 Å². The molecular weight excluding hydrogens is 288 g/mol. The third-order valence-corrected chi connectivity index (χ3v) is 4.24. The van der Waals surface area contributed by atoms with Crippen LogP contribution in [0.1, 0.15) is 24.5 Å². The zero-order valence-electron chi connectivity index (χ0n) is 12.9. The number of carbonyl (C=O) groups is 1. The molecule has 2 N–H and O–H groups in total. The first kappa shape index (κ1) is 16.2. The predicted octanol–water partition coefficient (Wildman–Crippen LogP) is 1.36. The fourth-order valence-electron chi connectivity index (χ4n) is 2.50. The van der Waals surface area contributed by atoms with Crippen LogP contribution in [0.4, 0.5) is 4.79 Å². The molecule has 1 aliphatic rings. The highest BCUT2D eigenvalue weighted by Gasteiger charge is 2.21. The Morgan fingerprint density at radius 3 is 2.76 bits per heavy atom. The molecule has 7 heteroatoms. The van der Waals surface area contributed by atoms with Crippen LogP contribution in [0.5, 0.6) is 0 Å². The number of thiazole rings is 1. The van der Waals surface area contributed by atoms with Crippen molar-refractivity contribution in [3.63, 3.8) is 0 Å². The summed E-state index contributed by atoms with van der Waals surface area (Å²) >= 11 is 1.56. The fourth-order valence-corrected chi connectivity index (χ4v) is 3.21. The van der Waals surface area contributed by atoms with Gasteiger partial charge in [-0.1, -0.05) is 0 Å². The lowest BCUT2D eigenvalue weighted by Crippen LogP contribution is -2.48. The first-order chi connectivity index (χ1) is 10.0. The van der Waals surface area contributed by atoms with Crippen molar-refractivity contribution in [1.82, 2.24) is 20.5 Å². The summed E-state index contributed by atoms with van der Waals surface area (Å²) in [6, 6.07) is -0.141. The van der Waals surface area contributed by atoms with Gasteiger partial charge in [0, 0.05) is 37.3 Å². The number of aromatic nitrogens is 1. The lowest BCUT2D eigenvalue weighted by molar-refractivity contribution is -0.0672. The molecule has 1 aromatic heterocycles. The van der Waals surface area contributed by atoms with Crippen LogP contribution in [0.2, 0.25) is 0 Å². The molecule has 1 fully saturated rings. The lowest BCUT2D eigenvalue weighted by atomic mass is 10.2. The molecule has 2 atom stereocenters. The number of ether oxygens (including phenoxy) is 1. The number of rotatable bonds is 5. The minimum absolute atomic E-state index is 0.141. The number of morpholine rings is 1. The Balaban J connectivity index is 1.60. The molecule has 118 valence electrons. The first-order valence-electron chi connectivity index (χ1n) is 7.33. The molecule has 2 amide bonds. The van der Waals surface area contributed by atoms with Gasteiger partial charge in [0.2, 0.25) is 0 Å². The summed E-state index contributed by atoms with van der Waals surface area (Å²) in [6.07, 6.45) is 0.520. The van der Waals surface area contributed by atoms with Gasteiger partial charge >= 0.3 is 6.03 Å². The molecule has 0 aliphatic carbocycles. The third kappa shape index (κ3) is 5.61. The Kier molecular flexibility index (Phi) is 5.96. The molecule has 0 spiro atoms. The van der Waals surface area contributed by atoms with Crippen molar-refractivity contribution in [2.24, 2.45) is 0 Å². The zero-order valence-corrected chi connectivity index (χ0v) is 13.7. The van der Waals surface area contributed by atoms with E-state index in [0.29, 0.717) is 13.1 Å². The van der Waals surface area contributed by atoms with Gasteiger partial charge in [0.25, 0.3) is 0 Å². The van der Waals surface area contributed by atoms with Gasteiger partial charge in [0.05, 0.1) is 18.8 Å². The van der Waals surface area contributed by atoms with Crippen molar-refractivity contribution >= 4 is 17.4 Å². The first-order valence-corrected chi connectivity index (χ1v) is 8.21. The number of carbonyl (C=O) groups excluding carboxylic acids is 1. The zero-order chi connectivity index (χ0) is 15.2. The Hall–Kier alpha value is -1.18. The molecule has 1 aromatic rings. The Morgan fingerprint density at radius 2 is 2.14 bits per heavy atom. The maximum Gasteiger partial charge on any atom is 0.315 e. The number of urea groups is 1. The SMILES string of the molecule is Cc1csc(CNC(=O)NCCN2CC(C)OC(C)C2)n1. The van der Waals surface area contributed by atoms with Crippen molar-refractivity contribution in [2.75, 3.05) is 26.2 Å². The minimum atomic E-state index is -0.141. The normalized spacial score (nSPS) is 23.0. The second kappa shape index (κ2) is 7.72. The molecule has 0 bridgehead atoms. The highest BCUT2D eigenvalue weighted by Crippen LogP contribution is 2.09. The van der Waals surface area contributed by atoms with Gasteiger partial charge in [-0.25, -0.2) is 9.78 Å². The maximum absolute atomic E-state index is 11.7. The van der Waals surface area contributed by atoms with E-state index in [2.05, 4.69) is 34.4 Å². The highest BCUT2D eigenvalue weighted by molar-refractivity contribution is 7.09. The number of hydrogen-bond acceptors (Lipinski definition) is 5. The van der Waals surface area contributed by atoms with E-state index in [1.165, 1.54) is 0 Å². The van der Waals surface area contributed by atoms with Crippen LogP contribution >= 0.6 is 11.3 Å². The fraction of sp³-hybridized carbons (Fsp3) is 0.714. The van der Waals surface area contributed by atoms with Crippen LogP contribution in [-0.2, 0) is 11.3 Å². The van der Waals surface area contributed by atoms with E-state index in [4.69, 9.17) is 4.74 Å². The lowest BCUT2D eigenvalue weighted by Gasteiger charge is -2.35. The molecule has 2 unspecified atom stereocenters. The second-order valence-electron chi connectivity index (χ2n) is 5.51. The molecule has 2 heterocycles. The summed E-state index contributed by atoms with van der Waals surface area (Å²) in [4.78, 5) is 18.3. The Bertz CT molecular complexity index is 456. The van der Waals surface area contributed by atoms with Crippen LogP contribution in [-0.4, -0.2) is 54.3 Å². The Labute approximate surface area is 129 Å². The van der Waals surface area contributed by atoms with Crippen molar-refractivity contribution < 1.29 is 9.53 Å². The number of amides is 2. The van der Waals surface area contributed by atoms with E-state index in [-0.39, 0.29) is 18.2 Å². The largest absolute Gasteiger partial charge is 0.373 e. The summed E-state index contributed by atoms with van der Waals surface area (Å²) in [7, 11) is 0. The summed E-state index contributed by atoms with van der Waals surface area (Å²) in [5.41, 5.74) is 0.993. The van der Waals surface area contributed by atoms with Crippen molar-refractivity contribution in [3.8, 4) is 0 Å². The van der Waals surface area contributed by atoms with E-state index in [1.54, 1.807) is 11.3 Å². The van der Waals surface area contributed by atoms with E-state index >= 15 is 0 Å². The monoisotopic (exact) mass is 312 g/mol. The van der Waals surface area contributed by atoms with Crippen molar-refractivity contribution in [1.29, 1.82) is 0 Å². The van der Waals surface area contributed by atoms with Gasteiger partial charge in [0.1, 0.15) is 5.01 Å². The predicted molar refractivity (Wildman–Crippen MR) is 83.5 cm³/mol. The number of nitrogens with one attached hydrogen (secondary N) is 2. The number of hydrogen-bond donors (Lipinski definition) is 2.